The summed E-state index contributed by atoms with van der Waals surface area (Å²) >= 11 is 0. The molecule has 29 heavy (non-hydrogen) atoms. The minimum Gasteiger partial charge on any atom is -0.490 e. The van der Waals surface area contributed by atoms with Gasteiger partial charge in [-0.15, -0.1) is 0 Å². The largest absolute Gasteiger partial charge is 0.490 e. The summed E-state index contributed by atoms with van der Waals surface area (Å²) in [7, 11) is 0. The molecular formula is C22H23N5O2. The van der Waals surface area contributed by atoms with Crippen molar-refractivity contribution < 1.29 is 9.47 Å². The minimum atomic E-state index is 0.150. The average molecular weight is 389 g/mol. The summed E-state index contributed by atoms with van der Waals surface area (Å²) < 4.78 is 14.3. The van der Waals surface area contributed by atoms with Crippen LogP contribution < -0.4 is 9.64 Å². The highest BCUT2D eigenvalue weighted by Crippen LogP contribution is 2.33. The number of anilines is 1. The van der Waals surface area contributed by atoms with Gasteiger partial charge < -0.3 is 18.9 Å². The van der Waals surface area contributed by atoms with Crippen LogP contribution in [0.2, 0.25) is 0 Å². The number of hydrogen-bond donors (Lipinski definition) is 0. The molecule has 0 saturated carbocycles. The average Bonchev–Trinajstić information content (AvgIpc) is 3.44. The van der Waals surface area contributed by atoms with Gasteiger partial charge in [0.05, 0.1) is 18.2 Å². The minimum absolute atomic E-state index is 0.150. The predicted molar refractivity (Wildman–Crippen MR) is 109 cm³/mol. The van der Waals surface area contributed by atoms with Crippen molar-refractivity contribution in [2.75, 3.05) is 31.2 Å². The van der Waals surface area contributed by atoms with Gasteiger partial charge in [-0.1, -0.05) is 6.07 Å². The summed E-state index contributed by atoms with van der Waals surface area (Å²) in [5.41, 5.74) is 1.59. The number of rotatable bonds is 4. The van der Waals surface area contributed by atoms with E-state index < -0.39 is 0 Å². The van der Waals surface area contributed by atoms with E-state index in [0.29, 0.717) is 17.6 Å². The lowest BCUT2D eigenvalue weighted by Gasteiger charge is -2.33. The van der Waals surface area contributed by atoms with Crippen molar-refractivity contribution in [3.63, 3.8) is 0 Å². The molecule has 2 aliphatic heterocycles. The molecule has 2 fully saturated rings. The number of aromatic nitrogens is 3. The summed E-state index contributed by atoms with van der Waals surface area (Å²) in [5.74, 6) is 1.61. The highest BCUT2D eigenvalue weighted by molar-refractivity contribution is 5.86. The summed E-state index contributed by atoms with van der Waals surface area (Å²) in [5, 5.41) is 10.4. The Hall–Kier alpha value is -3.11. The molecule has 5 rings (SSSR count). The Balaban J connectivity index is 1.29. The van der Waals surface area contributed by atoms with Crippen LogP contribution in [0.5, 0.6) is 5.75 Å². The normalized spacial score (nSPS) is 20.1. The van der Waals surface area contributed by atoms with Crippen LogP contribution in [-0.4, -0.2) is 46.9 Å². The van der Waals surface area contributed by atoms with Crippen molar-refractivity contribution in [3.05, 3.63) is 48.5 Å². The molecule has 0 aliphatic carbocycles. The number of fused-ring (bicyclic) bond motifs is 1. The van der Waals surface area contributed by atoms with Gasteiger partial charge in [0.2, 0.25) is 0 Å². The number of benzene rings is 1. The van der Waals surface area contributed by atoms with Crippen LogP contribution in [0.3, 0.4) is 0 Å². The Morgan fingerprint density at radius 2 is 1.97 bits per heavy atom. The lowest BCUT2D eigenvalue weighted by molar-refractivity contribution is 0.173. The fraction of sp³-hybridized carbons (Fsp3) is 0.409. The smallest absolute Gasteiger partial charge is 0.183 e. The zero-order valence-corrected chi connectivity index (χ0v) is 16.2. The fourth-order valence-corrected chi connectivity index (χ4v) is 4.33. The van der Waals surface area contributed by atoms with E-state index in [1.54, 1.807) is 12.4 Å². The van der Waals surface area contributed by atoms with E-state index in [9.17, 15) is 5.26 Å². The monoisotopic (exact) mass is 389 g/mol. The van der Waals surface area contributed by atoms with Gasteiger partial charge in [-0.2, -0.15) is 5.26 Å². The summed E-state index contributed by atoms with van der Waals surface area (Å²) in [6, 6.07) is 11.0. The van der Waals surface area contributed by atoms with E-state index in [1.807, 2.05) is 0 Å². The zero-order valence-electron chi connectivity index (χ0n) is 16.2. The molecular weight excluding hydrogens is 366 g/mol. The van der Waals surface area contributed by atoms with Gasteiger partial charge in [0.1, 0.15) is 17.9 Å². The van der Waals surface area contributed by atoms with E-state index in [0.717, 1.165) is 56.7 Å². The first kappa shape index (κ1) is 18.0. The van der Waals surface area contributed by atoms with Crippen LogP contribution in [-0.2, 0) is 4.74 Å². The Morgan fingerprint density at radius 1 is 1.10 bits per heavy atom. The van der Waals surface area contributed by atoms with Crippen LogP contribution in [0.25, 0.3) is 10.9 Å². The topological polar surface area (TPSA) is 76.2 Å². The van der Waals surface area contributed by atoms with Crippen molar-refractivity contribution in [3.8, 4) is 11.8 Å². The molecule has 3 aromatic rings. The second kappa shape index (κ2) is 7.72. The van der Waals surface area contributed by atoms with Crippen LogP contribution in [0, 0.1) is 11.3 Å². The SMILES string of the molecule is N#Cc1nccnc1N1CCC(Oc2cccc3c2ccn3C2CCOC2)CC1. The number of hydrogen-bond acceptors (Lipinski definition) is 6. The van der Waals surface area contributed by atoms with Crippen LogP contribution >= 0.6 is 0 Å². The number of ether oxygens (including phenoxy) is 2. The highest BCUT2D eigenvalue weighted by Gasteiger charge is 2.25. The molecule has 4 heterocycles. The van der Waals surface area contributed by atoms with Gasteiger partial charge in [0, 0.05) is 56.5 Å². The molecule has 2 aliphatic rings. The van der Waals surface area contributed by atoms with Crippen LogP contribution in [0.1, 0.15) is 31.0 Å². The molecule has 0 spiro atoms. The van der Waals surface area contributed by atoms with Crippen molar-refractivity contribution in [1.29, 1.82) is 5.26 Å². The first-order valence-electron chi connectivity index (χ1n) is 10.1. The van der Waals surface area contributed by atoms with E-state index in [2.05, 4.69) is 56.0 Å². The molecule has 1 aromatic carbocycles. The number of nitriles is 1. The summed E-state index contributed by atoms with van der Waals surface area (Å²) in [6.07, 6.45) is 8.32. The molecule has 7 nitrogen and oxygen atoms in total. The summed E-state index contributed by atoms with van der Waals surface area (Å²) in [6.45, 7) is 3.21. The van der Waals surface area contributed by atoms with Crippen LogP contribution in [0.15, 0.2) is 42.9 Å². The lowest BCUT2D eigenvalue weighted by Crippen LogP contribution is -2.39. The molecule has 2 aromatic heterocycles. The van der Waals surface area contributed by atoms with Crippen molar-refractivity contribution in [2.24, 2.45) is 0 Å². The molecule has 0 radical (unpaired) electrons. The maximum Gasteiger partial charge on any atom is 0.183 e. The lowest BCUT2D eigenvalue weighted by atomic mass is 10.1. The van der Waals surface area contributed by atoms with E-state index in [4.69, 9.17) is 9.47 Å². The Morgan fingerprint density at radius 3 is 2.76 bits per heavy atom. The van der Waals surface area contributed by atoms with Crippen molar-refractivity contribution in [1.82, 2.24) is 14.5 Å². The Labute approximate surface area is 169 Å². The molecule has 148 valence electrons. The van der Waals surface area contributed by atoms with E-state index in [1.165, 1.54) is 5.52 Å². The molecule has 0 N–H and O–H groups in total. The first-order valence-corrected chi connectivity index (χ1v) is 10.1. The molecule has 1 atom stereocenters. The van der Waals surface area contributed by atoms with Crippen molar-refractivity contribution >= 4 is 16.7 Å². The maximum atomic E-state index is 9.26. The predicted octanol–water partition coefficient (Wildman–Crippen LogP) is 3.31. The first-order chi connectivity index (χ1) is 14.3. The quantitative estimate of drug-likeness (QED) is 0.681. The second-order valence-corrected chi connectivity index (χ2v) is 7.57. The maximum absolute atomic E-state index is 9.26. The summed E-state index contributed by atoms with van der Waals surface area (Å²) in [4.78, 5) is 10.6. The Kier molecular flexibility index (Phi) is 4.78. The van der Waals surface area contributed by atoms with Gasteiger partial charge in [0.25, 0.3) is 0 Å². The van der Waals surface area contributed by atoms with Crippen LogP contribution in [0.4, 0.5) is 5.82 Å². The molecule has 1 unspecified atom stereocenters. The van der Waals surface area contributed by atoms with Crippen molar-refractivity contribution in [2.45, 2.75) is 31.4 Å². The second-order valence-electron chi connectivity index (χ2n) is 7.57. The zero-order chi connectivity index (χ0) is 19.6. The third-order valence-corrected chi connectivity index (χ3v) is 5.84. The van der Waals surface area contributed by atoms with Gasteiger partial charge in [-0.25, -0.2) is 9.97 Å². The number of nitrogens with zero attached hydrogens (tertiary/aromatic N) is 5. The number of piperidine rings is 1. The highest BCUT2D eigenvalue weighted by atomic mass is 16.5. The third kappa shape index (κ3) is 3.40. The van der Waals surface area contributed by atoms with Gasteiger partial charge in [0.15, 0.2) is 11.5 Å². The Bertz CT molecular complexity index is 1040. The fourth-order valence-electron chi connectivity index (χ4n) is 4.33. The molecule has 0 amide bonds. The molecule has 2 saturated heterocycles. The van der Waals surface area contributed by atoms with Gasteiger partial charge >= 0.3 is 0 Å². The molecule has 0 bridgehead atoms. The van der Waals surface area contributed by atoms with E-state index >= 15 is 0 Å². The van der Waals surface area contributed by atoms with E-state index in [-0.39, 0.29) is 6.10 Å². The third-order valence-electron chi connectivity index (χ3n) is 5.84. The molecule has 7 heteroatoms. The van der Waals surface area contributed by atoms with Gasteiger partial charge in [-0.3, -0.25) is 0 Å². The standard InChI is InChI=1S/C22H23N5O2/c23-14-19-22(25-9-8-24-19)26-10-4-17(5-11-26)29-21-3-1-2-20-18(21)6-12-27(20)16-7-13-28-15-16/h1-3,6,8-9,12,16-17H,4-5,7,10-11,13,15H2. The van der Waals surface area contributed by atoms with Gasteiger partial charge in [-0.05, 0) is 24.6 Å².